The largest absolute Gasteiger partial charge is 0.462 e. The van der Waals surface area contributed by atoms with Gasteiger partial charge in [-0.15, -0.1) is 22.7 Å². The fourth-order valence-corrected chi connectivity index (χ4v) is 4.65. The van der Waals surface area contributed by atoms with Crippen LogP contribution in [-0.4, -0.2) is 18.5 Å². The van der Waals surface area contributed by atoms with Gasteiger partial charge in [0.25, 0.3) is 5.91 Å². The number of rotatable bonds is 4. The van der Waals surface area contributed by atoms with E-state index in [1.807, 2.05) is 31.2 Å². The van der Waals surface area contributed by atoms with E-state index >= 15 is 0 Å². The summed E-state index contributed by atoms with van der Waals surface area (Å²) in [5.74, 6) is -0.654. The second-order valence-corrected chi connectivity index (χ2v) is 7.52. The molecule has 3 rings (SSSR count). The number of esters is 1. The lowest BCUT2D eigenvalue weighted by Gasteiger charge is -2.00. The van der Waals surface area contributed by atoms with E-state index in [4.69, 9.17) is 16.3 Å². The van der Waals surface area contributed by atoms with Gasteiger partial charge in [0.2, 0.25) is 0 Å². The highest BCUT2D eigenvalue weighted by Gasteiger charge is 2.20. The Bertz CT molecular complexity index is 929. The van der Waals surface area contributed by atoms with Gasteiger partial charge in [0.15, 0.2) is 0 Å². The van der Waals surface area contributed by atoms with Crippen molar-refractivity contribution in [2.75, 3.05) is 11.9 Å². The van der Waals surface area contributed by atoms with Crippen LogP contribution in [-0.2, 0) is 4.74 Å². The zero-order chi connectivity index (χ0) is 17.3. The van der Waals surface area contributed by atoms with E-state index in [0.29, 0.717) is 26.4 Å². The number of benzene rings is 1. The summed E-state index contributed by atoms with van der Waals surface area (Å²) in [5.41, 5.74) is 0.774. The van der Waals surface area contributed by atoms with Gasteiger partial charge in [-0.1, -0.05) is 29.8 Å². The first kappa shape index (κ1) is 17.0. The van der Waals surface area contributed by atoms with Crippen LogP contribution >= 0.6 is 34.3 Å². The number of halogens is 1. The SMILES string of the molecule is CCOC(=O)c1sc(NC(=O)c2sc3ccccc3c2Cl)cc1C. The molecule has 124 valence electrons. The molecule has 0 saturated heterocycles. The molecule has 1 amide bonds. The van der Waals surface area contributed by atoms with Gasteiger partial charge in [0.05, 0.1) is 16.6 Å². The molecule has 0 saturated carbocycles. The van der Waals surface area contributed by atoms with Gasteiger partial charge in [-0.25, -0.2) is 4.79 Å². The molecule has 0 aliphatic rings. The minimum Gasteiger partial charge on any atom is -0.462 e. The van der Waals surface area contributed by atoms with E-state index in [0.717, 1.165) is 15.6 Å². The quantitative estimate of drug-likeness (QED) is 0.621. The Balaban J connectivity index is 1.85. The standard InChI is InChI=1S/C17H14ClNO3S2/c1-3-22-17(21)14-9(2)8-12(24-14)19-16(20)15-13(18)10-6-4-5-7-11(10)23-15/h4-8H,3H2,1-2H3,(H,19,20). The Morgan fingerprint density at radius 2 is 1.96 bits per heavy atom. The summed E-state index contributed by atoms with van der Waals surface area (Å²) in [4.78, 5) is 25.3. The van der Waals surface area contributed by atoms with Crippen molar-refractivity contribution in [2.45, 2.75) is 13.8 Å². The molecule has 0 unspecified atom stereocenters. The third-order valence-electron chi connectivity index (χ3n) is 3.36. The first-order valence-corrected chi connectivity index (χ1v) is 9.28. The normalized spacial score (nSPS) is 10.8. The molecule has 0 fully saturated rings. The Hall–Kier alpha value is -1.89. The molecule has 0 aliphatic carbocycles. The highest BCUT2D eigenvalue weighted by atomic mass is 35.5. The van der Waals surface area contributed by atoms with E-state index in [1.54, 1.807) is 13.0 Å². The maximum atomic E-state index is 12.5. The van der Waals surface area contributed by atoms with Gasteiger partial charge in [-0.2, -0.15) is 0 Å². The molecular formula is C17H14ClNO3S2. The molecule has 2 aromatic heterocycles. The monoisotopic (exact) mass is 379 g/mol. The van der Waals surface area contributed by atoms with E-state index in [2.05, 4.69) is 5.32 Å². The highest BCUT2D eigenvalue weighted by molar-refractivity contribution is 7.22. The summed E-state index contributed by atoms with van der Waals surface area (Å²) < 4.78 is 5.97. The molecule has 24 heavy (non-hydrogen) atoms. The Morgan fingerprint density at radius 1 is 1.21 bits per heavy atom. The van der Waals surface area contributed by atoms with Crippen LogP contribution in [0.3, 0.4) is 0 Å². The number of hydrogen-bond donors (Lipinski definition) is 1. The second kappa shape index (κ2) is 6.93. The molecule has 1 N–H and O–H groups in total. The Labute approximate surface area is 152 Å². The van der Waals surface area contributed by atoms with Crippen molar-refractivity contribution in [2.24, 2.45) is 0 Å². The van der Waals surface area contributed by atoms with Crippen LogP contribution < -0.4 is 5.32 Å². The van der Waals surface area contributed by atoms with Crippen molar-refractivity contribution in [3.63, 3.8) is 0 Å². The van der Waals surface area contributed by atoms with Gasteiger partial charge in [-0.3, -0.25) is 4.79 Å². The van der Waals surface area contributed by atoms with Crippen molar-refractivity contribution < 1.29 is 14.3 Å². The van der Waals surface area contributed by atoms with Crippen LogP contribution in [0.1, 0.15) is 31.8 Å². The zero-order valence-corrected chi connectivity index (χ0v) is 15.4. The summed E-state index contributed by atoms with van der Waals surface area (Å²) >= 11 is 8.87. The maximum Gasteiger partial charge on any atom is 0.348 e. The number of hydrogen-bond acceptors (Lipinski definition) is 5. The molecule has 0 bridgehead atoms. The highest BCUT2D eigenvalue weighted by Crippen LogP contribution is 2.36. The van der Waals surface area contributed by atoms with Crippen LogP contribution in [0.15, 0.2) is 30.3 Å². The average molecular weight is 380 g/mol. The number of amides is 1. The summed E-state index contributed by atoms with van der Waals surface area (Å²) in [6.07, 6.45) is 0. The van der Waals surface area contributed by atoms with E-state index in [1.165, 1.54) is 22.7 Å². The molecule has 2 heterocycles. The Kier molecular flexibility index (Phi) is 4.89. The predicted molar refractivity (Wildman–Crippen MR) is 99.8 cm³/mol. The number of anilines is 1. The molecule has 0 atom stereocenters. The minimum atomic E-state index is -0.375. The third kappa shape index (κ3) is 3.17. The lowest BCUT2D eigenvalue weighted by Crippen LogP contribution is -2.09. The van der Waals surface area contributed by atoms with Gasteiger partial charge >= 0.3 is 5.97 Å². The topological polar surface area (TPSA) is 55.4 Å². The molecule has 4 nitrogen and oxygen atoms in total. The van der Waals surface area contributed by atoms with Crippen LogP contribution in [0.25, 0.3) is 10.1 Å². The number of thiophene rings is 2. The average Bonchev–Trinajstić information content (AvgIpc) is 3.08. The first-order chi connectivity index (χ1) is 11.5. The zero-order valence-electron chi connectivity index (χ0n) is 13.0. The molecule has 7 heteroatoms. The summed E-state index contributed by atoms with van der Waals surface area (Å²) in [7, 11) is 0. The van der Waals surface area contributed by atoms with Gasteiger partial charge in [-0.05, 0) is 31.5 Å². The van der Waals surface area contributed by atoms with Crippen molar-refractivity contribution in [1.82, 2.24) is 0 Å². The first-order valence-electron chi connectivity index (χ1n) is 7.27. The molecule has 1 aromatic carbocycles. The van der Waals surface area contributed by atoms with Crippen molar-refractivity contribution in [3.8, 4) is 0 Å². The summed E-state index contributed by atoms with van der Waals surface area (Å²) in [6.45, 7) is 3.88. The van der Waals surface area contributed by atoms with Crippen molar-refractivity contribution in [3.05, 3.63) is 50.7 Å². The molecule has 3 aromatic rings. The van der Waals surface area contributed by atoms with Gasteiger partial charge in [0, 0.05) is 10.1 Å². The molecule has 0 aliphatic heterocycles. The second-order valence-electron chi connectivity index (χ2n) is 5.04. The number of ether oxygens (including phenoxy) is 1. The van der Waals surface area contributed by atoms with Gasteiger partial charge < -0.3 is 10.1 Å². The van der Waals surface area contributed by atoms with Crippen LogP contribution in [0, 0.1) is 6.92 Å². The Morgan fingerprint density at radius 3 is 2.67 bits per heavy atom. The van der Waals surface area contributed by atoms with E-state index < -0.39 is 0 Å². The molecular weight excluding hydrogens is 366 g/mol. The van der Waals surface area contributed by atoms with Crippen LogP contribution in [0.4, 0.5) is 5.00 Å². The minimum absolute atomic E-state index is 0.280. The van der Waals surface area contributed by atoms with E-state index in [-0.39, 0.29) is 11.9 Å². The number of carbonyl (C=O) groups is 2. The van der Waals surface area contributed by atoms with Crippen LogP contribution in [0.5, 0.6) is 0 Å². The van der Waals surface area contributed by atoms with Gasteiger partial charge in [0.1, 0.15) is 9.75 Å². The lowest BCUT2D eigenvalue weighted by atomic mass is 10.2. The smallest absolute Gasteiger partial charge is 0.348 e. The van der Waals surface area contributed by atoms with E-state index in [9.17, 15) is 9.59 Å². The number of aryl methyl sites for hydroxylation is 1. The lowest BCUT2D eigenvalue weighted by molar-refractivity contribution is 0.0531. The summed E-state index contributed by atoms with van der Waals surface area (Å²) in [6, 6.07) is 9.37. The fraction of sp³-hybridized carbons (Fsp3) is 0.176. The molecule has 0 radical (unpaired) electrons. The number of nitrogens with one attached hydrogen (secondary N) is 1. The predicted octanol–water partition coefficient (Wildman–Crippen LogP) is 5.35. The van der Waals surface area contributed by atoms with Crippen molar-refractivity contribution in [1.29, 1.82) is 0 Å². The number of fused-ring (bicyclic) bond motifs is 1. The summed E-state index contributed by atoms with van der Waals surface area (Å²) in [5, 5.41) is 4.72. The van der Waals surface area contributed by atoms with Crippen LogP contribution in [0.2, 0.25) is 5.02 Å². The third-order valence-corrected chi connectivity index (χ3v) is 6.16. The number of carbonyl (C=O) groups excluding carboxylic acids is 2. The molecule has 0 spiro atoms. The fourth-order valence-electron chi connectivity index (χ4n) is 2.27. The maximum absolute atomic E-state index is 12.5. The van der Waals surface area contributed by atoms with Crippen molar-refractivity contribution >= 4 is 61.2 Å².